The van der Waals surface area contributed by atoms with Crippen LogP contribution in [0.3, 0.4) is 0 Å². The normalized spacial score (nSPS) is 12.3. The zero-order chi connectivity index (χ0) is 28.3. The first-order chi connectivity index (χ1) is 18.0. The zero-order valence-corrected chi connectivity index (χ0v) is 22.3. The first-order valence-electron chi connectivity index (χ1n) is 12.4. The summed E-state index contributed by atoms with van der Waals surface area (Å²) in [6, 6.07) is 12.8. The van der Waals surface area contributed by atoms with Crippen LogP contribution < -0.4 is 10.6 Å². The highest BCUT2D eigenvalue weighted by atomic mass is 16.6. The number of hydrogen-bond donors (Lipinski definition) is 3. The van der Waals surface area contributed by atoms with Crippen molar-refractivity contribution in [3.05, 3.63) is 65.2 Å². The van der Waals surface area contributed by atoms with Crippen LogP contribution >= 0.6 is 0 Å². The quantitative estimate of drug-likeness (QED) is 0.252. The van der Waals surface area contributed by atoms with Crippen LogP contribution in [-0.2, 0) is 20.7 Å². The first kappa shape index (κ1) is 29.8. The summed E-state index contributed by atoms with van der Waals surface area (Å²) in [7, 11) is 0. The van der Waals surface area contributed by atoms with Gasteiger partial charge in [-0.15, -0.1) is 6.42 Å². The SMILES string of the molecule is C#Cc1ccccc1C(C(=O)NCCCC)N(C#C)C(=O)C(Cc1ccc(O)cc1)NC(=O)OC(C)(C)C. The van der Waals surface area contributed by atoms with Gasteiger partial charge in [0.05, 0.1) is 0 Å². The molecule has 0 aliphatic heterocycles. The highest BCUT2D eigenvalue weighted by molar-refractivity contribution is 5.93. The number of terminal acetylenes is 2. The second kappa shape index (κ2) is 13.8. The van der Waals surface area contributed by atoms with Gasteiger partial charge in [-0.2, -0.15) is 0 Å². The summed E-state index contributed by atoms with van der Waals surface area (Å²) < 4.78 is 5.36. The number of carbonyl (C=O) groups excluding carboxylic acids is 3. The molecule has 200 valence electrons. The van der Waals surface area contributed by atoms with E-state index < -0.39 is 35.6 Å². The van der Waals surface area contributed by atoms with Gasteiger partial charge < -0.3 is 20.5 Å². The number of benzene rings is 2. The van der Waals surface area contributed by atoms with Crippen LogP contribution in [-0.4, -0.2) is 46.1 Å². The molecule has 2 rings (SSSR count). The van der Waals surface area contributed by atoms with Gasteiger partial charge in [0, 0.05) is 30.1 Å². The van der Waals surface area contributed by atoms with E-state index in [1.165, 1.54) is 12.1 Å². The van der Waals surface area contributed by atoms with E-state index in [2.05, 4.69) is 22.6 Å². The standard InChI is InChI=1S/C30H35N3O5/c1-7-10-19-31-27(35)26(24-14-12-11-13-22(24)8-2)33(9-3)28(36)25(32-29(37)38-30(4,5)6)20-21-15-17-23(34)18-16-21/h2-3,11-18,25-26,34H,7,10,19-20H2,1,4-6H3,(H,31,35)(H,32,37). The Morgan fingerprint density at radius 3 is 2.32 bits per heavy atom. The average molecular weight is 518 g/mol. The fourth-order valence-corrected chi connectivity index (χ4v) is 3.70. The van der Waals surface area contributed by atoms with Crippen LogP contribution in [0.1, 0.15) is 63.3 Å². The molecule has 8 heteroatoms. The van der Waals surface area contributed by atoms with E-state index in [4.69, 9.17) is 17.6 Å². The van der Waals surface area contributed by atoms with Crippen molar-refractivity contribution in [3.8, 4) is 30.6 Å². The van der Waals surface area contributed by atoms with E-state index in [0.29, 0.717) is 23.2 Å². The van der Waals surface area contributed by atoms with Gasteiger partial charge in [-0.1, -0.05) is 56.0 Å². The minimum absolute atomic E-state index is 0.0253. The number of unbranched alkanes of at least 4 members (excludes halogenated alkanes) is 1. The van der Waals surface area contributed by atoms with E-state index >= 15 is 0 Å². The summed E-state index contributed by atoms with van der Waals surface area (Å²) in [6.45, 7) is 7.48. The predicted octanol–water partition coefficient (Wildman–Crippen LogP) is 3.89. The number of amides is 3. The fourth-order valence-electron chi connectivity index (χ4n) is 3.70. The Labute approximate surface area is 224 Å². The molecule has 0 aromatic heterocycles. The molecular formula is C30H35N3O5. The highest BCUT2D eigenvalue weighted by Crippen LogP contribution is 2.26. The van der Waals surface area contributed by atoms with E-state index in [-0.39, 0.29) is 12.2 Å². The van der Waals surface area contributed by atoms with Crippen molar-refractivity contribution < 1.29 is 24.2 Å². The molecule has 0 heterocycles. The van der Waals surface area contributed by atoms with E-state index in [1.807, 2.05) is 6.92 Å². The number of rotatable bonds is 10. The highest BCUT2D eigenvalue weighted by Gasteiger charge is 2.36. The third-order valence-electron chi connectivity index (χ3n) is 5.49. The van der Waals surface area contributed by atoms with Crippen molar-refractivity contribution in [3.63, 3.8) is 0 Å². The number of nitrogens with one attached hydrogen (secondary N) is 2. The summed E-state index contributed by atoms with van der Waals surface area (Å²) in [4.78, 5) is 41.0. The third-order valence-corrected chi connectivity index (χ3v) is 5.49. The molecule has 0 saturated heterocycles. The molecule has 2 aromatic carbocycles. The topological polar surface area (TPSA) is 108 Å². The maximum Gasteiger partial charge on any atom is 0.408 e. The van der Waals surface area contributed by atoms with Crippen LogP contribution in [0.15, 0.2) is 48.5 Å². The molecule has 0 fully saturated rings. The Morgan fingerprint density at radius 1 is 1.08 bits per heavy atom. The molecule has 0 spiro atoms. The van der Waals surface area contributed by atoms with Gasteiger partial charge in [-0.3, -0.25) is 14.5 Å². The van der Waals surface area contributed by atoms with Crippen molar-refractivity contribution in [2.24, 2.45) is 0 Å². The number of ether oxygens (including phenoxy) is 1. The van der Waals surface area contributed by atoms with Crippen LogP contribution in [0, 0.1) is 24.8 Å². The molecule has 0 aliphatic carbocycles. The number of nitrogens with zero attached hydrogens (tertiary/aromatic N) is 1. The van der Waals surface area contributed by atoms with Gasteiger partial charge in [0.15, 0.2) is 0 Å². The lowest BCUT2D eigenvalue weighted by atomic mass is 9.97. The van der Waals surface area contributed by atoms with Crippen molar-refractivity contribution in [1.29, 1.82) is 0 Å². The zero-order valence-electron chi connectivity index (χ0n) is 22.3. The van der Waals surface area contributed by atoms with Crippen LogP contribution in [0.4, 0.5) is 4.79 Å². The van der Waals surface area contributed by atoms with E-state index in [9.17, 15) is 19.5 Å². The summed E-state index contributed by atoms with van der Waals surface area (Å²) >= 11 is 0. The maximum atomic E-state index is 13.9. The molecule has 8 nitrogen and oxygen atoms in total. The lowest BCUT2D eigenvalue weighted by molar-refractivity contribution is -0.138. The predicted molar refractivity (Wildman–Crippen MR) is 146 cm³/mol. The molecule has 2 atom stereocenters. The van der Waals surface area contributed by atoms with Crippen molar-refractivity contribution in [2.75, 3.05) is 6.54 Å². The molecule has 2 unspecified atom stereocenters. The molecule has 38 heavy (non-hydrogen) atoms. The molecule has 0 radical (unpaired) electrons. The number of aromatic hydroxyl groups is 1. The molecular weight excluding hydrogens is 482 g/mol. The number of alkyl carbamates (subject to hydrolysis) is 1. The van der Waals surface area contributed by atoms with Crippen LogP contribution in [0.5, 0.6) is 5.75 Å². The summed E-state index contributed by atoms with van der Waals surface area (Å²) in [5.74, 6) is 1.41. The molecule has 2 aromatic rings. The Hall–Kier alpha value is -4.43. The Morgan fingerprint density at radius 2 is 1.74 bits per heavy atom. The van der Waals surface area contributed by atoms with E-state index in [1.54, 1.807) is 57.2 Å². The Bertz CT molecular complexity index is 1200. The summed E-state index contributed by atoms with van der Waals surface area (Å²) in [5.41, 5.74) is 0.625. The van der Waals surface area contributed by atoms with Gasteiger partial charge in [-0.25, -0.2) is 4.79 Å². The maximum absolute atomic E-state index is 13.9. The lowest BCUT2D eigenvalue weighted by Crippen LogP contribution is -2.52. The fraction of sp³-hybridized carbons (Fsp3) is 0.367. The van der Waals surface area contributed by atoms with Crippen molar-refractivity contribution >= 4 is 17.9 Å². The largest absolute Gasteiger partial charge is 0.508 e. The molecule has 0 bridgehead atoms. The minimum Gasteiger partial charge on any atom is -0.508 e. The first-order valence-corrected chi connectivity index (χ1v) is 12.4. The van der Waals surface area contributed by atoms with Gasteiger partial charge in [0.2, 0.25) is 5.91 Å². The number of hydrogen-bond acceptors (Lipinski definition) is 5. The summed E-state index contributed by atoms with van der Waals surface area (Å²) in [5, 5.41) is 15.1. The van der Waals surface area contributed by atoms with E-state index in [0.717, 1.165) is 17.7 Å². The summed E-state index contributed by atoms with van der Waals surface area (Å²) in [6.07, 6.45) is 12.3. The van der Waals surface area contributed by atoms with Gasteiger partial charge in [0.25, 0.3) is 5.91 Å². The number of carbonyl (C=O) groups is 3. The molecule has 0 aliphatic rings. The smallest absolute Gasteiger partial charge is 0.408 e. The monoisotopic (exact) mass is 517 g/mol. The lowest BCUT2D eigenvalue weighted by Gasteiger charge is -2.31. The second-order valence-electron chi connectivity index (χ2n) is 9.69. The molecule has 3 N–H and O–H groups in total. The second-order valence-corrected chi connectivity index (χ2v) is 9.69. The van der Waals surface area contributed by atoms with Gasteiger partial charge >= 0.3 is 6.09 Å². The molecule has 3 amide bonds. The Balaban J connectivity index is 2.51. The van der Waals surface area contributed by atoms with Gasteiger partial charge in [-0.05, 0) is 51.0 Å². The van der Waals surface area contributed by atoms with Gasteiger partial charge in [0.1, 0.15) is 23.4 Å². The van der Waals surface area contributed by atoms with Crippen LogP contribution in [0.2, 0.25) is 0 Å². The number of phenolic OH excluding ortho intramolecular Hbond substituents is 1. The number of phenols is 1. The van der Waals surface area contributed by atoms with Crippen molar-refractivity contribution in [2.45, 2.75) is 64.6 Å². The van der Waals surface area contributed by atoms with Crippen molar-refractivity contribution in [1.82, 2.24) is 15.5 Å². The van der Waals surface area contributed by atoms with Crippen LogP contribution in [0.25, 0.3) is 0 Å². The average Bonchev–Trinajstić information content (AvgIpc) is 2.86. The Kier molecular flexibility index (Phi) is 10.8. The third kappa shape index (κ3) is 8.60. The molecule has 0 saturated carbocycles. The minimum atomic E-state index is -1.24.